The molecule has 2 aliphatic rings. The first-order valence-corrected chi connectivity index (χ1v) is 16.0. The summed E-state index contributed by atoms with van der Waals surface area (Å²) in [5.41, 5.74) is 6.30. The number of nitrogens with zero attached hydrogens (tertiary/aromatic N) is 2. The summed E-state index contributed by atoms with van der Waals surface area (Å²) in [5.74, 6) is 1.76. The minimum absolute atomic E-state index is 0.0803. The molecule has 1 aromatic heterocycles. The average molecular weight is 628 g/mol. The van der Waals surface area contributed by atoms with Gasteiger partial charge in [0.1, 0.15) is 22.4 Å². The Bertz CT molecular complexity index is 1770. The van der Waals surface area contributed by atoms with Gasteiger partial charge in [-0.2, -0.15) is 0 Å². The van der Waals surface area contributed by atoms with E-state index in [1.54, 1.807) is 13.2 Å². The van der Waals surface area contributed by atoms with Crippen LogP contribution in [0.15, 0.2) is 72.8 Å². The molecule has 2 atom stereocenters. The topological polar surface area (TPSA) is 110 Å². The molecule has 6 rings (SSSR count). The number of ether oxygens (including phenoxy) is 3. The van der Waals surface area contributed by atoms with Crippen LogP contribution in [-0.4, -0.2) is 49.8 Å². The summed E-state index contributed by atoms with van der Waals surface area (Å²) in [6.07, 6.45) is 0.384. The molecule has 4 aromatic rings. The molecular weight excluding hydrogens is 590 g/mol. The molecule has 0 bridgehead atoms. The minimum atomic E-state index is -1.36. The van der Waals surface area contributed by atoms with Crippen molar-refractivity contribution in [1.82, 2.24) is 14.6 Å². The number of hydrogen-bond donors (Lipinski definition) is 2. The Labute approximate surface area is 265 Å². The number of aliphatic hydroxyl groups excluding tert-OH is 1. The van der Waals surface area contributed by atoms with Crippen molar-refractivity contribution in [2.24, 2.45) is 0 Å². The first-order valence-electron chi connectivity index (χ1n) is 14.9. The molecule has 45 heavy (non-hydrogen) atoms. The van der Waals surface area contributed by atoms with E-state index in [9.17, 15) is 14.1 Å². The summed E-state index contributed by atoms with van der Waals surface area (Å²) in [4.78, 5) is 18.6. The zero-order valence-electron chi connectivity index (χ0n) is 25.8. The quantitative estimate of drug-likeness (QED) is 0.242. The molecular formula is C35H37N3O6S. The van der Waals surface area contributed by atoms with Crippen molar-refractivity contribution in [3.8, 4) is 39.6 Å². The van der Waals surface area contributed by atoms with Gasteiger partial charge in [-0.15, -0.1) is 0 Å². The number of benzene rings is 3. The van der Waals surface area contributed by atoms with Gasteiger partial charge in [0.25, 0.3) is 5.91 Å². The Kier molecular flexibility index (Phi) is 8.63. The molecule has 9 nitrogen and oxygen atoms in total. The van der Waals surface area contributed by atoms with E-state index >= 15 is 0 Å². The molecule has 3 aromatic carbocycles. The Morgan fingerprint density at radius 1 is 1.02 bits per heavy atom. The van der Waals surface area contributed by atoms with Gasteiger partial charge < -0.3 is 24.6 Å². The highest BCUT2D eigenvalue weighted by atomic mass is 32.2. The van der Waals surface area contributed by atoms with Crippen molar-refractivity contribution in [3.63, 3.8) is 0 Å². The van der Waals surface area contributed by atoms with Crippen molar-refractivity contribution < 1.29 is 28.3 Å². The van der Waals surface area contributed by atoms with Crippen LogP contribution in [0.1, 0.15) is 60.4 Å². The highest BCUT2D eigenvalue weighted by Gasteiger charge is 2.40. The van der Waals surface area contributed by atoms with Gasteiger partial charge in [-0.05, 0) is 85.8 Å². The van der Waals surface area contributed by atoms with E-state index in [1.807, 2.05) is 91.8 Å². The predicted octanol–water partition coefficient (Wildman–Crippen LogP) is 5.78. The van der Waals surface area contributed by atoms with Gasteiger partial charge in [0.15, 0.2) is 11.5 Å². The maximum absolute atomic E-state index is 13.8. The molecule has 1 unspecified atom stereocenters. The first kappa shape index (κ1) is 30.8. The fourth-order valence-electron chi connectivity index (χ4n) is 5.78. The molecule has 0 saturated carbocycles. The van der Waals surface area contributed by atoms with Gasteiger partial charge in [0.05, 0.1) is 23.6 Å². The molecule has 2 N–H and O–H groups in total. The van der Waals surface area contributed by atoms with E-state index in [2.05, 4.69) is 5.32 Å². The number of aromatic nitrogens is 1. The van der Waals surface area contributed by atoms with Crippen LogP contribution in [0.4, 0.5) is 0 Å². The second-order valence-electron chi connectivity index (χ2n) is 12.1. The molecule has 0 saturated heterocycles. The summed E-state index contributed by atoms with van der Waals surface area (Å²) in [6.45, 7) is 6.57. The van der Waals surface area contributed by atoms with Crippen LogP contribution in [0.3, 0.4) is 0 Å². The van der Waals surface area contributed by atoms with Crippen molar-refractivity contribution >= 4 is 16.9 Å². The smallest absolute Gasteiger partial charge is 0.270 e. The largest absolute Gasteiger partial charge is 0.497 e. The molecule has 3 heterocycles. The number of amides is 1. The molecule has 0 radical (unpaired) electrons. The predicted molar refractivity (Wildman–Crippen MR) is 173 cm³/mol. The third-order valence-corrected chi connectivity index (χ3v) is 9.81. The van der Waals surface area contributed by atoms with Crippen molar-refractivity contribution in [1.29, 1.82) is 0 Å². The fraction of sp³-hybridized carbons (Fsp3) is 0.314. The Morgan fingerprint density at radius 3 is 2.51 bits per heavy atom. The summed E-state index contributed by atoms with van der Waals surface area (Å²) < 4.78 is 31.5. The van der Waals surface area contributed by atoms with Crippen LogP contribution in [0.25, 0.3) is 22.4 Å². The number of carbonyl (C=O) groups is 1. The van der Waals surface area contributed by atoms with E-state index < -0.39 is 15.7 Å². The summed E-state index contributed by atoms with van der Waals surface area (Å²) in [7, 11) is 0.278. The van der Waals surface area contributed by atoms with E-state index in [1.165, 1.54) is 0 Å². The molecule has 0 spiro atoms. The lowest BCUT2D eigenvalue weighted by Gasteiger charge is -2.30. The fourth-order valence-corrected chi connectivity index (χ4v) is 7.18. The third-order valence-electron chi connectivity index (χ3n) is 7.95. The number of methoxy groups -OCH3 is 1. The number of hydrogen-bond acceptors (Lipinski definition) is 7. The number of carbonyl (C=O) groups excluding carboxylic acids is 1. The maximum atomic E-state index is 13.8. The maximum Gasteiger partial charge on any atom is 0.270 e. The molecule has 10 heteroatoms. The minimum Gasteiger partial charge on any atom is -0.497 e. The van der Waals surface area contributed by atoms with Crippen LogP contribution in [-0.2, 0) is 24.1 Å². The number of nitrogens with one attached hydrogen (secondary N) is 1. The number of aliphatic hydroxyl groups is 1. The zero-order valence-corrected chi connectivity index (χ0v) is 26.6. The highest BCUT2D eigenvalue weighted by molar-refractivity contribution is 7.84. The summed E-state index contributed by atoms with van der Waals surface area (Å²) in [5, 5.41) is 13.1. The van der Waals surface area contributed by atoms with E-state index in [0.29, 0.717) is 30.2 Å². The molecule has 0 aliphatic carbocycles. The third kappa shape index (κ3) is 6.31. The second-order valence-corrected chi connectivity index (χ2v) is 14.3. The Morgan fingerprint density at radius 2 is 1.76 bits per heavy atom. The van der Waals surface area contributed by atoms with E-state index in [-0.39, 0.29) is 37.6 Å². The van der Waals surface area contributed by atoms with Crippen LogP contribution in [0.5, 0.6) is 17.2 Å². The zero-order chi connectivity index (χ0) is 31.7. The lowest BCUT2D eigenvalue weighted by Crippen LogP contribution is -2.36. The number of rotatable bonds is 9. The highest BCUT2D eigenvalue weighted by Crippen LogP contribution is 2.44. The SMILES string of the molecule is COc1cccc(-c2cccc(-c3nc(C(=O)NCc4ccc5c(c4)OCO5)cc4c3[C@H](CCO)N(S(=O)C(C)(C)C)C4)c2)c1. The standard InChI is InChI=1S/C35H37N3O6S/c1-35(2,3)45(41)38-20-26-18-28(34(40)36-19-22-11-12-30-31(15-22)44-21-43-30)37-33(32(26)29(38)13-14-39)25-9-5-7-23(16-25)24-8-6-10-27(17-24)42-4/h5-12,15-18,29,39H,13-14,19-21H2,1-4H3,(H,36,40)/t29-,45?/m0/s1. The Balaban J connectivity index is 1.41. The van der Waals surface area contributed by atoms with Gasteiger partial charge in [0, 0.05) is 30.8 Å². The number of pyridine rings is 1. The van der Waals surface area contributed by atoms with E-state index in [4.69, 9.17) is 19.2 Å². The van der Waals surface area contributed by atoms with Gasteiger partial charge in [-0.1, -0.05) is 36.4 Å². The van der Waals surface area contributed by atoms with Crippen molar-refractivity contribution in [2.45, 2.75) is 51.1 Å². The molecule has 2 aliphatic heterocycles. The van der Waals surface area contributed by atoms with Crippen LogP contribution >= 0.6 is 0 Å². The monoisotopic (exact) mass is 627 g/mol. The Hall–Kier alpha value is -4.25. The first-order chi connectivity index (χ1) is 21.7. The van der Waals surface area contributed by atoms with Gasteiger partial charge in [-0.25, -0.2) is 13.5 Å². The van der Waals surface area contributed by atoms with Crippen molar-refractivity contribution in [3.05, 3.63) is 95.2 Å². The molecule has 234 valence electrons. The van der Waals surface area contributed by atoms with Crippen LogP contribution in [0.2, 0.25) is 0 Å². The lowest BCUT2D eigenvalue weighted by atomic mass is 9.94. The van der Waals surface area contributed by atoms with Gasteiger partial charge in [-0.3, -0.25) is 4.79 Å². The van der Waals surface area contributed by atoms with Gasteiger partial charge in [0.2, 0.25) is 6.79 Å². The lowest BCUT2D eigenvalue weighted by molar-refractivity contribution is 0.0945. The number of fused-ring (bicyclic) bond motifs is 2. The van der Waals surface area contributed by atoms with Crippen LogP contribution < -0.4 is 19.5 Å². The summed E-state index contributed by atoms with van der Waals surface area (Å²) >= 11 is 0. The second kappa shape index (κ2) is 12.6. The van der Waals surface area contributed by atoms with E-state index in [0.717, 1.165) is 39.1 Å². The normalized spacial score (nSPS) is 16.3. The van der Waals surface area contributed by atoms with Crippen LogP contribution in [0, 0.1) is 0 Å². The average Bonchev–Trinajstić information content (AvgIpc) is 3.67. The molecule has 0 fully saturated rings. The van der Waals surface area contributed by atoms with Crippen molar-refractivity contribution in [2.75, 3.05) is 20.5 Å². The summed E-state index contributed by atoms with van der Waals surface area (Å²) in [6, 6.07) is 22.9. The molecule has 1 amide bonds. The van der Waals surface area contributed by atoms with Gasteiger partial charge >= 0.3 is 0 Å².